The second-order valence-electron chi connectivity index (χ2n) is 11.5. The van der Waals surface area contributed by atoms with E-state index >= 15 is 0 Å². The number of hydrogen-bond donors (Lipinski definition) is 0. The maximum absolute atomic E-state index is 6.14. The molecule has 0 aromatic heterocycles. The lowest BCUT2D eigenvalue weighted by Crippen LogP contribution is -2.65. The van der Waals surface area contributed by atoms with Crippen LogP contribution in [0.3, 0.4) is 0 Å². The highest BCUT2D eigenvalue weighted by Gasteiger charge is 2.53. The van der Waals surface area contributed by atoms with E-state index in [-0.39, 0.29) is 0 Å². The molecule has 1 rings (SSSR count). The van der Waals surface area contributed by atoms with Gasteiger partial charge in [0.2, 0.25) is 0 Å². The van der Waals surface area contributed by atoms with Crippen molar-refractivity contribution in [2.45, 2.75) is 112 Å². The molecule has 1 saturated heterocycles. The van der Waals surface area contributed by atoms with Crippen molar-refractivity contribution in [3.63, 3.8) is 0 Å². The normalized spacial score (nSPS) is 26.9. The lowest BCUT2D eigenvalue weighted by molar-refractivity contribution is 0.250. The Morgan fingerprint density at radius 3 is 1.09 bits per heavy atom. The van der Waals surface area contributed by atoms with Crippen molar-refractivity contribution in [2.75, 3.05) is 0 Å². The zero-order valence-electron chi connectivity index (χ0n) is 25.0. The maximum Gasteiger partial charge on any atom is 0.344 e. The topological polar surface area (TPSA) is 36.9 Å². The van der Waals surface area contributed by atoms with Gasteiger partial charge in [-0.25, -0.2) is 0 Å². The van der Waals surface area contributed by atoms with Crippen LogP contribution in [0.4, 0.5) is 0 Å². The van der Waals surface area contributed by atoms with Gasteiger partial charge in [0.05, 0.1) is 0 Å². The van der Waals surface area contributed by atoms with Crippen LogP contribution in [0.15, 0.2) is 36.8 Å². The van der Waals surface area contributed by atoms with Gasteiger partial charge >= 0.3 is 25.7 Å². The first kappa shape index (κ1) is 39.2. The van der Waals surface area contributed by atoms with Gasteiger partial charge in [-0.05, 0) is 58.4 Å². The van der Waals surface area contributed by atoms with Gasteiger partial charge in [0.25, 0.3) is 0 Å². The molecule has 1 aliphatic heterocycles. The molecule has 0 spiro atoms. The summed E-state index contributed by atoms with van der Waals surface area (Å²) in [5.74, 6) is 0. The smallest absolute Gasteiger partial charge is 0.344 e. The van der Waals surface area contributed by atoms with Crippen LogP contribution in [0.2, 0.25) is 78.1 Å². The first-order chi connectivity index (χ1) is 15.0. The molecule has 0 unspecified atom stereocenters. The molecule has 0 aromatic carbocycles. The average Bonchev–Trinajstić information content (AvgIpc) is 2.58. The van der Waals surface area contributed by atoms with E-state index in [4.69, 9.17) is 27.5 Å². The average molecular weight is 602 g/mol. The first-order valence-corrected chi connectivity index (χ1v) is 30.6. The third kappa shape index (κ3) is 23.1. The predicted molar refractivity (Wildman–Crippen MR) is 171 cm³/mol. The molecule has 1 fully saturated rings. The Hall–Kier alpha value is 0.651. The van der Waals surface area contributed by atoms with E-state index in [1.807, 2.05) is 19.6 Å². The quantitative estimate of drug-likeness (QED) is 0.215. The predicted octanol–water partition coefficient (Wildman–Crippen LogP) is 9.37. The van der Waals surface area contributed by atoms with E-state index in [0.29, 0.717) is 0 Å². The highest BCUT2D eigenvalue weighted by Crippen LogP contribution is 2.31. The van der Waals surface area contributed by atoms with E-state index in [1.54, 1.807) is 17.1 Å². The maximum atomic E-state index is 6.14. The molecular weight excluding hydrogens is 544 g/mol. The Balaban J connectivity index is -0.000000442. The summed E-state index contributed by atoms with van der Waals surface area (Å²) in [5.41, 5.74) is 5.37. The Bertz CT molecular complexity index is 544. The lowest BCUT2D eigenvalue weighted by atomic mass is 10.6. The van der Waals surface area contributed by atoms with Crippen LogP contribution >= 0.6 is 11.1 Å². The Morgan fingerprint density at radius 1 is 0.706 bits per heavy atom. The van der Waals surface area contributed by atoms with Crippen molar-refractivity contribution < 1.29 is 16.5 Å². The third-order valence-corrected chi connectivity index (χ3v) is 22.1. The van der Waals surface area contributed by atoms with Gasteiger partial charge in [0.1, 0.15) is 7.38 Å². The SMILES string of the molecule is C=C[Si]1(C)O[Si](C)(C=C)O[Si](C)(C=C)O1.CCC.CCC[Si](C)(C)O[Si](C)(C)C.C[Si](C)(C)Cl. The summed E-state index contributed by atoms with van der Waals surface area (Å²) >= 11 is 5.67. The Morgan fingerprint density at radius 2 is 0.941 bits per heavy atom. The minimum absolute atomic E-state index is 1.14. The molecule has 0 amide bonds. The van der Waals surface area contributed by atoms with Crippen LogP contribution < -0.4 is 0 Å². The monoisotopic (exact) mass is 600 g/mol. The molecule has 1 heterocycles. The zero-order chi connectivity index (χ0) is 28.1. The summed E-state index contributed by atoms with van der Waals surface area (Å²) in [5, 5.41) is 0. The van der Waals surface area contributed by atoms with Gasteiger partial charge in [0, 0.05) is 0 Å². The van der Waals surface area contributed by atoms with Gasteiger partial charge in [0.15, 0.2) is 16.6 Å². The van der Waals surface area contributed by atoms with Crippen molar-refractivity contribution in [3.05, 3.63) is 36.8 Å². The largest absolute Gasteiger partial charge is 0.456 e. The molecule has 11 heteroatoms. The summed E-state index contributed by atoms with van der Waals surface area (Å²) in [6.07, 6.45) is 2.52. The fraction of sp³-hybridized carbons (Fsp3) is 0.739. The highest BCUT2D eigenvalue weighted by molar-refractivity contribution is 7.18. The standard InChI is InChI=1S/C9H18O3Si3.C8H22OSi2.C3H9ClSi.C3H8/c1-7-13(4)10-14(5,8-2)12-15(6,9-3)11-13;1-7-8-11(5,6)9-10(2,3)4;1-5(2,3)4;1-3-2/h7-9H,1-3H2,4-6H3;7-8H2,1-6H3;1-3H3;3H2,1-2H3. The molecule has 34 heavy (non-hydrogen) atoms. The molecule has 0 saturated carbocycles. The van der Waals surface area contributed by atoms with Crippen molar-refractivity contribution in [2.24, 2.45) is 0 Å². The second kappa shape index (κ2) is 16.5. The van der Waals surface area contributed by atoms with E-state index in [1.165, 1.54) is 18.9 Å². The van der Waals surface area contributed by atoms with E-state index in [0.717, 1.165) is 0 Å². The highest BCUT2D eigenvalue weighted by atomic mass is 35.6. The van der Waals surface area contributed by atoms with Crippen LogP contribution in [0.5, 0.6) is 0 Å². The number of rotatable bonds is 7. The molecule has 0 radical (unpaired) electrons. The summed E-state index contributed by atoms with van der Waals surface area (Å²) < 4.78 is 24.0. The van der Waals surface area contributed by atoms with Crippen LogP contribution in [0.25, 0.3) is 0 Å². The van der Waals surface area contributed by atoms with E-state index in [2.05, 4.69) is 92.9 Å². The molecule has 4 nitrogen and oxygen atoms in total. The summed E-state index contributed by atoms with van der Waals surface area (Å²) in [4.78, 5) is 0. The number of hydrogen-bond acceptors (Lipinski definition) is 4. The Labute approximate surface area is 224 Å². The molecule has 0 atom stereocenters. The first-order valence-electron chi connectivity index (χ1n) is 12.4. The second-order valence-corrected chi connectivity index (χ2v) is 37.8. The summed E-state index contributed by atoms with van der Waals surface area (Å²) in [6, 6.07) is 1.30. The zero-order valence-corrected chi connectivity index (χ0v) is 31.7. The molecular formula is C23H57ClO4Si6. The minimum Gasteiger partial charge on any atom is -0.456 e. The Kier molecular flexibility index (Phi) is 19.0. The molecule has 1 aliphatic rings. The fourth-order valence-electron chi connectivity index (χ4n) is 3.00. The number of halogens is 1. The van der Waals surface area contributed by atoms with Crippen molar-refractivity contribution >= 4 is 60.8 Å². The van der Waals surface area contributed by atoms with E-state index < -0.39 is 49.7 Å². The van der Waals surface area contributed by atoms with Crippen LogP contribution in [-0.4, -0.2) is 49.7 Å². The molecule has 0 aromatic rings. The van der Waals surface area contributed by atoms with Crippen molar-refractivity contribution in [1.29, 1.82) is 0 Å². The fourth-order valence-corrected chi connectivity index (χ4v) is 24.5. The summed E-state index contributed by atoms with van der Waals surface area (Å²) in [7, 11) is -10.6. The van der Waals surface area contributed by atoms with Gasteiger partial charge < -0.3 is 16.5 Å². The van der Waals surface area contributed by atoms with Crippen LogP contribution in [0, 0.1) is 0 Å². The van der Waals surface area contributed by atoms with Gasteiger partial charge in [-0.1, -0.05) is 70.4 Å². The lowest BCUT2D eigenvalue weighted by Gasteiger charge is -2.46. The van der Waals surface area contributed by atoms with Crippen molar-refractivity contribution in [3.8, 4) is 0 Å². The molecule has 0 aliphatic carbocycles. The van der Waals surface area contributed by atoms with Gasteiger partial charge in [-0.15, -0.1) is 19.7 Å². The molecule has 0 bridgehead atoms. The van der Waals surface area contributed by atoms with Crippen LogP contribution in [-0.2, 0) is 16.5 Å². The molecule has 204 valence electrons. The van der Waals surface area contributed by atoms with Gasteiger partial charge in [-0.2, -0.15) is 11.1 Å². The minimum atomic E-state index is -2.30. The van der Waals surface area contributed by atoms with Gasteiger partial charge in [-0.3, -0.25) is 0 Å². The summed E-state index contributed by atoms with van der Waals surface area (Å²) in [6.45, 7) is 41.5. The van der Waals surface area contributed by atoms with Crippen molar-refractivity contribution in [1.82, 2.24) is 0 Å². The van der Waals surface area contributed by atoms with E-state index in [9.17, 15) is 0 Å². The third-order valence-electron chi connectivity index (χ3n) is 3.76. The molecule has 0 N–H and O–H groups in total. The van der Waals surface area contributed by atoms with Crippen LogP contribution in [0.1, 0.15) is 33.6 Å².